The minimum atomic E-state index is 0.300. The van der Waals surface area contributed by atoms with E-state index in [1.165, 1.54) is 0 Å². The van der Waals surface area contributed by atoms with Gasteiger partial charge in [0.2, 0.25) is 5.95 Å². The van der Waals surface area contributed by atoms with E-state index in [2.05, 4.69) is 10.1 Å². The molecule has 15 heavy (non-hydrogen) atoms. The third kappa shape index (κ3) is 2.27. The van der Waals surface area contributed by atoms with Gasteiger partial charge in [-0.05, 0) is 24.6 Å². The minimum absolute atomic E-state index is 0.300. The average Bonchev–Trinajstić information content (AvgIpc) is 2.45. The van der Waals surface area contributed by atoms with E-state index in [0.717, 1.165) is 16.4 Å². The number of halogens is 1. The molecule has 1 heterocycles. The Morgan fingerprint density at radius 2 is 2.27 bits per heavy atom. The Labute approximate surface area is 92.7 Å². The van der Waals surface area contributed by atoms with Gasteiger partial charge in [-0.25, -0.2) is 4.68 Å². The first kappa shape index (κ1) is 9.98. The van der Waals surface area contributed by atoms with Crippen LogP contribution in [0.4, 0.5) is 5.95 Å². The third-order valence-corrected chi connectivity index (χ3v) is 2.33. The van der Waals surface area contributed by atoms with Crippen molar-refractivity contribution in [3.8, 4) is 0 Å². The van der Waals surface area contributed by atoms with E-state index in [1.807, 2.05) is 31.2 Å². The maximum absolute atomic E-state index is 5.89. The van der Waals surface area contributed by atoms with Gasteiger partial charge >= 0.3 is 0 Å². The topological polar surface area (TPSA) is 56.7 Å². The van der Waals surface area contributed by atoms with Crippen LogP contribution in [0.1, 0.15) is 11.4 Å². The number of hydrogen-bond acceptors (Lipinski definition) is 3. The first-order valence-electron chi connectivity index (χ1n) is 4.56. The van der Waals surface area contributed by atoms with Crippen LogP contribution in [0.5, 0.6) is 0 Å². The molecule has 0 saturated carbocycles. The van der Waals surface area contributed by atoms with Gasteiger partial charge in [0, 0.05) is 5.02 Å². The first-order chi connectivity index (χ1) is 7.15. The zero-order valence-corrected chi connectivity index (χ0v) is 9.07. The molecule has 5 heteroatoms. The fourth-order valence-corrected chi connectivity index (χ4v) is 1.61. The molecule has 0 spiro atoms. The van der Waals surface area contributed by atoms with Gasteiger partial charge in [-0.1, -0.05) is 23.7 Å². The van der Waals surface area contributed by atoms with Crippen molar-refractivity contribution in [1.29, 1.82) is 0 Å². The minimum Gasteiger partial charge on any atom is -0.366 e. The second-order valence-electron chi connectivity index (χ2n) is 3.30. The highest BCUT2D eigenvalue weighted by Crippen LogP contribution is 2.12. The SMILES string of the molecule is Cc1nc(N)nn1Cc1cccc(Cl)c1. The summed E-state index contributed by atoms with van der Waals surface area (Å²) in [5.74, 6) is 1.10. The quantitative estimate of drug-likeness (QED) is 0.844. The lowest BCUT2D eigenvalue weighted by Crippen LogP contribution is -2.04. The summed E-state index contributed by atoms with van der Waals surface area (Å²) in [5, 5.41) is 4.80. The van der Waals surface area contributed by atoms with E-state index in [9.17, 15) is 0 Å². The molecule has 0 aliphatic rings. The molecule has 0 saturated heterocycles. The maximum atomic E-state index is 5.89. The molecule has 2 N–H and O–H groups in total. The molecule has 0 amide bonds. The summed E-state index contributed by atoms with van der Waals surface area (Å²) in [7, 11) is 0. The largest absolute Gasteiger partial charge is 0.366 e. The Kier molecular flexibility index (Phi) is 2.60. The van der Waals surface area contributed by atoms with Gasteiger partial charge in [0.25, 0.3) is 0 Å². The molecule has 0 bridgehead atoms. The van der Waals surface area contributed by atoms with Crippen LogP contribution in [0.25, 0.3) is 0 Å². The van der Waals surface area contributed by atoms with Crippen LogP contribution in [0, 0.1) is 6.92 Å². The summed E-state index contributed by atoms with van der Waals surface area (Å²) in [6.07, 6.45) is 0. The van der Waals surface area contributed by atoms with Crippen LogP contribution in [-0.4, -0.2) is 14.8 Å². The molecule has 0 aliphatic heterocycles. The standard InChI is InChI=1S/C10H11ClN4/c1-7-13-10(12)14-15(7)6-8-3-2-4-9(11)5-8/h2-5H,6H2,1H3,(H2,12,14). The van der Waals surface area contributed by atoms with Crippen molar-refractivity contribution in [2.75, 3.05) is 5.73 Å². The summed E-state index contributed by atoms with van der Waals surface area (Å²) in [5.41, 5.74) is 6.57. The summed E-state index contributed by atoms with van der Waals surface area (Å²) in [4.78, 5) is 4.03. The molecule has 1 aromatic heterocycles. The van der Waals surface area contributed by atoms with E-state index in [1.54, 1.807) is 4.68 Å². The zero-order valence-electron chi connectivity index (χ0n) is 8.31. The summed E-state index contributed by atoms with van der Waals surface area (Å²) < 4.78 is 1.75. The summed E-state index contributed by atoms with van der Waals surface area (Å²) in [6, 6.07) is 7.64. The normalized spacial score (nSPS) is 10.5. The highest BCUT2D eigenvalue weighted by molar-refractivity contribution is 6.30. The van der Waals surface area contributed by atoms with Gasteiger partial charge < -0.3 is 5.73 Å². The van der Waals surface area contributed by atoms with E-state index in [-0.39, 0.29) is 0 Å². The number of anilines is 1. The molecule has 2 aromatic rings. The predicted octanol–water partition coefficient (Wildman–Crippen LogP) is 1.87. The number of aromatic nitrogens is 3. The van der Waals surface area contributed by atoms with Gasteiger partial charge in [-0.2, -0.15) is 4.98 Å². The highest BCUT2D eigenvalue weighted by atomic mass is 35.5. The molecular weight excluding hydrogens is 212 g/mol. The summed E-state index contributed by atoms with van der Waals surface area (Å²) in [6.45, 7) is 2.50. The van der Waals surface area contributed by atoms with Gasteiger partial charge in [0.1, 0.15) is 5.82 Å². The van der Waals surface area contributed by atoms with E-state index in [0.29, 0.717) is 12.5 Å². The van der Waals surface area contributed by atoms with Crippen molar-refractivity contribution >= 4 is 17.5 Å². The number of nitrogens with zero attached hydrogens (tertiary/aromatic N) is 3. The number of benzene rings is 1. The average molecular weight is 223 g/mol. The molecule has 0 fully saturated rings. The smallest absolute Gasteiger partial charge is 0.239 e. The van der Waals surface area contributed by atoms with Crippen molar-refractivity contribution < 1.29 is 0 Å². The Balaban J connectivity index is 2.25. The lowest BCUT2D eigenvalue weighted by Gasteiger charge is -2.03. The van der Waals surface area contributed by atoms with Crippen LogP contribution in [0.2, 0.25) is 5.02 Å². The lowest BCUT2D eigenvalue weighted by molar-refractivity contribution is 0.662. The Morgan fingerprint density at radius 3 is 2.87 bits per heavy atom. The van der Waals surface area contributed by atoms with Crippen molar-refractivity contribution in [2.45, 2.75) is 13.5 Å². The van der Waals surface area contributed by atoms with Gasteiger partial charge in [-0.3, -0.25) is 0 Å². The van der Waals surface area contributed by atoms with Crippen LogP contribution >= 0.6 is 11.6 Å². The van der Waals surface area contributed by atoms with Crippen molar-refractivity contribution in [3.05, 3.63) is 40.7 Å². The van der Waals surface area contributed by atoms with Gasteiger partial charge in [0.15, 0.2) is 0 Å². The Bertz CT molecular complexity index is 478. The molecule has 4 nitrogen and oxygen atoms in total. The van der Waals surface area contributed by atoms with Crippen molar-refractivity contribution in [3.63, 3.8) is 0 Å². The monoisotopic (exact) mass is 222 g/mol. The van der Waals surface area contributed by atoms with E-state index >= 15 is 0 Å². The second-order valence-corrected chi connectivity index (χ2v) is 3.74. The van der Waals surface area contributed by atoms with Crippen molar-refractivity contribution in [1.82, 2.24) is 14.8 Å². The molecule has 1 aromatic carbocycles. The Hall–Kier alpha value is -1.55. The molecule has 0 atom stereocenters. The molecular formula is C10H11ClN4. The fraction of sp³-hybridized carbons (Fsp3) is 0.200. The highest BCUT2D eigenvalue weighted by Gasteiger charge is 2.03. The van der Waals surface area contributed by atoms with Crippen molar-refractivity contribution in [2.24, 2.45) is 0 Å². The van der Waals surface area contributed by atoms with Gasteiger partial charge in [0.05, 0.1) is 6.54 Å². The van der Waals surface area contributed by atoms with Crippen LogP contribution in [0.3, 0.4) is 0 Å². The maximum Gasteiger partial charge on any atom is 0.239 e. The molecule has 2 rings (SSSR count). The number of rotatable bonds is 2. The Morgan fingerprint density at radius 1 is 1.47 bits per heavy atom. The second kappa shape index (κ2) is 3.90. The summed E-state index contributed by atoms with van der Waals surface area (Å²) >= 11 is 5.89. The molecule has 0 radical (unpaired) electrons. The molecule has 78 valence electrons. The number of hydrogen-bond donors (Lipinski definition) is 1. The van der Waals surface area contributed by atoms with Crippen LogP contribution in [-0.2, 0) is 6.54 Å². The predicted molar refractivity (Wildman–Crippen MR) is 59.7 cm³/mol. The van der Waals surface area contributed by atoms with E-state index in [4.69, 9.17) is 17.3 Å². The lowest BCUT2D eigenvalue weighted by atomic mass is 10.2. The van der Waals surface area contributed by atoms with E-state index < -0.39 is 0 Å². The van der Waals surface area contributed by atoms with Crippen LogP contribution in [0.15, 0.2) is 24.3 Å². The number of aryl methyl sites for hydroxylation is 1. The van der Waals surface area contributed by atoms with Gasteiger partial charge in [-0.15, -0.1) is 5.10 Å². The fourth-order valence-electron chi connectivity index (χ4n) is 1.40. The molecule has 0 aliphatic carbocycles. The van der Waals surface area contributed by atoms with Crippen LogP contribution < -0.4 is 5.73 Å². The third-order valence-electron chi connectivity index (χ3n) is 2.09. The number of nitrogens with two attached hydrogens (primary N) is 1. The number of nitrogen functional groups attached to an aromatic ring is 1. The molecule has 0 unspecified atom stereocenters. The first-order valence-corrected chi connectivity index (χ1v) is 4.94. The zero-order chi connectivity index (χ0) is 10.8.